The quantitative estimate of drug-likeness (QED) is 0.586. The van der Waals surface area contributed by atoms with Crippen LogP contribution in [0.15, 0.2) is 71.7 Å². The molecular weight excluding hydrogens is 449 g/mol. The normalized spacial score (nSPS) is 17.7. The molecule has 0 spiro atoms. The number of nitrogens with zero attached hydrogens (tertiary/aromatic N) is 1. The Bertz CT molecular complexity index is 1210. The summed E-state index contributed by atoms with van der Waals surface area (Å²) < 4.78 is 1.51. The van der Waals surface area contributed by atoms with Crippen LogP contribution in [0, 0.1) is 0 Å². The number of amides is 2. The van der Waals surface area contributed by atoms with Crippen molar-refractivity contribution in [3.8, 4) is 5.69 Å². The van der Waals surface area contributed by atoms with E-state index in [4.69, 9.17) is 23.2 Å². The Morgan fingerprint density at radius 2 is 1.44 bits per heavy atom. The van der Waals surface area contributed by atoms with Crippen LogP contribution in [0.25, 0.3) is 5.69 Å². The van der Waals surface area contributed by atoms with Crippen molar-refractivity contribution >= 4 is 35.0 Å². The molecule has 1 saturated carbocycles. The highest BCUT2D eigenvalue weighted by Crippen LogP contribution is 2.24. The first-order valence-electron chi connectivity index (χ1n) is 10.3. The van der Waals surface area contributed by atoms with Crippen molar-refractivity contribution in [3.05, 3.63) is 98.4 Å². The van der Waals surface area contributed by atoms with Crippen LogP contribution in [0.2, 0.25) is 10.0 Å². The van der Waals surface area contributed by atoms with Gasteiger partial charge >= 0.3 is 0 Å². The third kappa shape index (κ3) is 4.87. The number of rotatable bonds is 5. The molecule has 0 unspecified atom stereocenters. The summed E-state index contributed by atoms with van der Waals surface area (Å²) in [6, 6.07) is 16.1. The van der Waals surface area contributed by atoms with Crippen LogP contribution in [0.4, 0.5) is 0 Å². The SMILES string of the molecule is O=C(N[C@H]1CCC[C@H]1NC(=O)c1ccc(Cl)c(Cl)c1)c1ccc(-n2ccccc2=O)cc1. The Morgan fingerprint density at radius 1 is 0.812 bits per heavy atom. The molecule has 6 nitrogen and oxygen atoms in total. The maximum atomic E-state index is 12.8. The number of halogens is 2. The van der Waals surface area contributed by atoms with Crippen LogP contribution in [-0.4, -0.2) is 28.5 Å². The summed E-state index contributed by atoms with van der Waals surface area (Å²) in [6.45, 7) is 0. The van der Waals surface area contributed by atoms with Gasteiger partial charge in [0, 0.05) is 41.2 Å². The molecule has 1 aliphatic rings. The van der Waals surface area contributed by atoms with Crippen molar-refractivity contribution in [1.82, 2.24) is 15.2 Å². The Kier molecular flexibility index (Phi) is 6.63. The number of hydrogen-bond donors (Lipinski definition) is 2. The highest BCUT2D eigenvalue weighted by Gasteiger charge is 2.30. The summed E-state index contributed by atoms with van der Waals surface area (Å²) in [6.07, 6.45) is 4.12. The maximum Gasteiger partial charge on any atom is 0.255 e. The predicted molar refractivity (Wildman–Crippen MR) is 125 cm³/mol. The van der Waals surface area contributed by atoms with Crippen LogP contribution < -0.4 is 16.2 Å². The van der Waals surface area contributed by atoms with Gasteiger partial charge in [0.05, 0.1) is 10.0 Å². The fourth-order valence-corrected chi connectivity index (χ4v) is 4.16. The second-order valence-corrected chi connectivity index (χ2v) is 8.49. The summed E-state index contributed by atoms with van der Waals surface area (Å²) >= 11 is 11.9. The van der Waals surface area contributed by atoms with Gasteiger partial charge in [-0.15, -0.1) is 0 Å². The van der Waals surface area contributed by atoms with E-state index in [1.54, 1.807) is 54.7 Å². The van der Waals surface area contributed by atoms with Gasteiger partial charge in [-0.1, -0.05) is 29.3 Å². The lowest BCUT2D eigenvalue weighted by atomic mass is 10.1. The molecule has 32 heavy (non-hydrogen) atoms. The van der Waals surface area contributed by atoms with Crippen molar-refractivity contribution in [2.24, 2.45) is 0 Å². The van der Waals surface area contributed by atoms with Crippen molar-refractivity contribution in [2.45, 2.75) is 31.3 Å². The van der Waals surface area contributed by atoms with Crippen LogP contribution >= 0.6 is 23.2 Å². The van der Waals surface area contributed by atoms with E-state index >= 15 is 0 Å². The zero-order chi connectivity index (χ0) is 22.7. The van der Waals surface area contributed by atoms with Crippen LogP contribution in [-0.2, 0) is 0 Å². The molecule has 164 valence electrons. The smallest absolute Gasteiger partial charge is 0.255 e. The molecule has 0 bridgehead atoms. The van der Waals surface area contributed by atoms with Crippen molar-refractivity contribution in [2.75, 3.05) is 0 Å². The van der Waals surface area contributed by atoms with Gasteiger partial charge in [0.15, 0.2) is 0 Å². The zero-order valence-corrected chi connectivity index (χ0v) is 18.6. The van der Waals surface area contributed by atoms with E-state index in [-0.39, 0.29) is 29.5 Å². The van der Waals surface area contributed by atoms with Gasteiger partial charge in [0.1, 0.15) is 0 Å². The summed E-state index contributed by atoms with van der Waals surface area (Å²) in [5, 5.41) is 6.72. The van der Waals surface area contributed by atoms with Gasteiger partial charge in [-0.05, 0) is 67.8 Å². The zero-order valence-electron chi connectivity index (χ0n) is 17.1. The molecule has 1 fully saturated rings. The summed E-state index contributed by atoms with van der Waals surface area (Å²) in [5.41, 5.74) is 1.44. The predicted octanol–water partition coefficient (Wildman–Crippen LogP) is 4.23. The molecule has 2 atom stereocenters. The fourth-order valence-electron chi connectivity index (χ4n) is 3.86. The van der Waals surface area contributed by atoms with Crippen LogP contribution in [0.5, 0.6) is 0 Å². The van der Waals surface area contributed by atoms with E-state index < -0.39 is 0 Å². The molecule has 1 aromatic heterocycles. The van der Waals surface area contributed by atoms with Crippen molar-refractivity contribution in [3.63, 3.8) is 0 Å². The van der Waals surface area contributed by atoms with E-state index in [1.165, 1.54) is 16.7 Å². The number of carbonyl (C=O) groups is 2. The van der Waals surface area contributed by atoms with E-state index in [0.29, 0.717) is 26.9 Å². The number of hydrogen-bond acceptors (Lipinski definition) is 3. The summed E-state index contributed by atoms with van der Waals surface area (Å²) in [4.78, 5) is 37.4. The third-order valence-electron chi connectivity index (χ3n) is 5.56. The standard InChI is InChI=1S/C24H21Cl2N3O3/c25-18-12-9-16(14-19(18)26)24(32)28-21-5-3-4-20(21)27-23(31)15-7-10-17(11-8-15)29-13-2-1-6-22(29)30/h1-2,6-14,20-21H,3-5H2,(H,27,31)(H,28,32)/t20-,21+/m0/s1. The minimum absolute atomic E-state index is 0.142. The molecule has 0 aliphatic heterocycles. The van der Waals surface area contributed by atoms with Gasteiger partial charge in [0.25, 0.3) is 17.4 Å². The minimum atomic E-state index is -0.257. The van der Waals surface area contributed by atoms with Gasteiger partial charge < -0.3 is 10.6 Å². The first-order chi connectivity index (χ1) is 15.4. The Labute approximate surface area is 195 Å². The average Bonchev–Trinajstić information content (AvgIpc) is 3.22. The topological polar surface area (TPSA) is 80.2 Å². The number of nitrogens with one attached hydrogen (secondary N) is 2. The fraction of sp³-hybridized carbons (Fsp3) is 0.208. The minimum Gasteiger partial charge on any atom is -0.347 e. The Balaban J connectivity index is 1.41. The largest absolute Gasteiger partial charge is 0.347 e. The molecule has 4 rings (SSSR count). The second-order valence-electron chi connectivity index (χ2n) is 7.68. The van der Waals surface area contributed by atoms with Gasteiger partial charge in [-0.3, -0.25) is 19.0 Å². The van der Waals surface area contributed by atoms with E-state index in [0.717, 1.165) is 19.3 Å². The van der Waals surface area contributed by atoms with E-state index in [2.05, 4.69) is 10.6 Å². The number of carbonyl (C=O) groups excluding carboxylic acids is 2. The van der Waals surface area contributed by atoms with Gasteiger partial charge in [0.2, 0.25) is 0 Å². The van der Waals surface area contributed by atoms with Crippen molar-refractivity contribution in [1.29, 1.82) is 0 Å². The summed E-state index contributed by atoms with van der Waals surface area (Å²) in [7, 11) is 0. The van der Waals surface area contributed by atoms with Crippen LogP contribution in [0.3, 0.4) is 0 Å². The van der Waals surface area contributed by atoms with Crippen LogP contribution in [0.1, 0.15) is 40.0 Å². The monoisotopic (exact) mass is 469 g/mol. The van der Waals surface area contributed by atoms with E-state index in [9.17, 15) is 14.4 Å². The number of pyridine rings is 1. The lowest BCUT2D eigenvalue weighted by Gasteiger charge is -2.22. The first-order valence-corrected chi connectivity index (χ1v) is 11.0. The highest BCUT2D eigenvalue weighted by atomic mass is 35.5. The molecule has 0 radical (unpaired) electrons. The third-order valence-corrected chi connectivity index (χ3v) is 6.30. The lowest BCUT2D eigenvalue weighted by molar-refractivity contribution is 0.0892. The molecule has 2 amide bonds. The van der Waals surface area contributed by atoms with Gasteiger partial charge in [-0.2, -0.15) is 0 Å². The Hall–Kier alpha value is -3.09. The molecule has 0 saturated heterocycles. The second kappa shape index (κ2) is 9.59. The molecule has 1 aliphatic carbocycles. The van der Waals surface area contributed by atoms with E-state index in [1.807, 2.05) is 0 Å². The van der Waals surface area contributed by atoms with Gasteiger partial charge in [-0.25, -0.2) is 0 Å². The Morgan fingerprint density at radius 3 is 2.06 bits per heavy atom. The highest BCUT2D eigenvalue weighted by molar-refractivity contribution is 6.42. The lowest BCUT2D eigenvalue weighted by Crippen LogP contribution is -2.48. The molecule has 1 heterocycles. The maximum absolute atomic E-state index is 12.8. The molecule has 2 aromatic carbocycles. The van der Waals surface area contributed by atoms with Crippen molar-refractivity contribution < 1.29 is 9.59 Å². The average molecular weight is 470 g/mol. The molecular formula is C24H21Cl2N3O3. The number of aromatic nitrogens is 1. The molecule has 2 N–H and O–H groups in total. The summed E-state index contributed by atoms with van der Waals surface area (Å²) in [5.74, 6) is -0.481. The molecule has 8 heteroatoms. The molecule has 3 aromatic rings. The first kappa shape index (κ1) is 22.1. The number of benzene rings is 2.